The number of amides is 1. The molecule has 0 atom stereocenters. The van der Waals surface area contributed by atoms with Crippen molar-refractivity contribution in [3.63, 3.8) is 0 Å². The largest absolute Gasteiger partial charge is 0.491 e. The van der Waals surface area contributed by atoms with Gasteiger partial charge in [0.25, 0.3) is 5.91 Å². The zero-order chi connectivity index (χ0) is 20.9. The molecule has 5 heteroatoms. The molecule has 0 bridgehead atoms. The van der Waals surface area contributed by atoms with E-state index >= 15 is 0 Å². The first kappa shape index (κ1) is 21.2. The van der Waals surface area contributed by atoms with E-state index < -0.39 is 0 Å². The number of ether oxygens (including phenoxy) is 2. The Morgan fingerprint density at radius 1 is 0.966 bits per heavy atom. The molecular weight excluding hydrogens is 430 g/mol. The van der Waals surface area contributed by atoms with Crippen molar-refractivity contribution in [2.75, 3.05) is 19.8 Å². The van der Waals surface area contributed by atoms with Crippen LogP contribution in [0.1, 0.15) is 26.3 Å². The van der Waals surface area contributed by atoms with E-state index in [2.05, 4.69) is 42.0 Å². The molecule has 3 aromatic rings. The minimum Gasteiger partial charge on any atom is -0.491 e. The van der Waals surface area contributed by atoms with Crippen LogP contribution >= 0.6 is 15.9 Å². The number of fused-ring (bicyclic) bond motifs is 1. The predicted molar refractivity (Wildman–Crippen MR) is 121 cm³/mol. The van der Waals surface area contributed by atoms with Gasteiger partial charge in [-0.2, -0.15) is 0 Å². The zero-order valence-corrected chi connectivity index (χ0v) is 18.6. The summed E-state index contributed by atoms with van der Waals surface area (Å²) >= 11 is 3.52. The lowest BCUT2D eigenvalue weighted by Crippen LogP contribution is -2.32. The fourth-order valence-electron chi connectivity index (χ4n) is 2.95. The van der Waals surface area contributed by atoms with Crippen molar-refractivity contribution in [2.24, 2.45) is 0 Å². The number of benzene rings is 3. The van der Waals surface area contributed by atoms with Gasteiger partial charge < -0.3 is 14.8 Å². The Bertz CT molecular complexity index is 990. The van der Waals surface area contributed by atoms with Crippen molar-refractivity contribution in [2.45, 2.75) is 26.2 Å². The average Bonchev–Trinajstić information content (AvgIpc) is 2.69. The van der Waals surface area contributed by atoms with E-state index in [1.807, 2.05) is 60.7 Å². The van der Waals surface area contributed by atoms with E-state index in [4.69, 9.17) is 9.47 Å². The lowest BCUT2D eigenvalue weighted by Gasteiger charge is -2.20. The van der Waals surface area contributed by atoms with Crippen molar-refractivity contribution in [1.29, 1.82) is 0 Å². The maximum atomic E-state index is 12.1. The fraction of sp³-hybridized carbons (Fsp3) is 0.292. The fourth-order valence-corrected chi connectivity index (χ4v) is 3.44. The standard InChI is InChI=1S/C24H26BrNO3/c1-24(2,3)18-11-12-22(20(25)15-18)29-16-23(27)26-13-14-28-21-10-6-8-17-7-4-5-9-19(17)21/h4-12,15H,13-14,16H2,1-3H3,(H,26,27). The number of hydrogen-bond donors (Lipinski definition) is 1. The van der Waals surface area contributed by atoms with Crippen molar-refractivity contribution < 1.29 is 14.3 Å². The highest BCUT2D eigenvalue weighted by atomic mass is 79.9. The summed E-state index contributed by atoms with van der Waals surface area (Å²) in [5.41, 5.74) is 1.26. The molecule has 0 fully saturated rings. The number of rotatable bonds is 7. The molecule has 29 heavy (non-hydrogen) atoms. The van der Waals surface area contributed by atoms with Crippen molar-refractivity contribution in [3.05, 3.63) is 70.7 Å². The first-order chi connectivity index (χ1) is 13.8. The monoisotopic (exact) mass is 455 g/mol. The highest BCUT2D eigenvalue weighted by Crippen LogP contribution is 2.31. The van der Waals surface area contributed by atoms with Gasteiger partial charge in [-0.15, -0.1) is 0 Å². The van der Waals surface area contributed by atoms with Gasteiger partial charge in [-0.1, -0.05) is 63.2 Å². The molecule has 3 aromatic carbocycles. The topological polar surface area (TPSA) is 47.6 Å². The molecule has 0 aliphatic rings. The molecule has 1 amide bonds. The summed E-state index contributed by atoms with van der Waals surface area (Å²) in [6, 6.07) is 20.0. The quantitative estimate of drug-likeness (QED) is 0.480. The molecule has 0 aliphatic heterocycles. The van der Waals surface area contributed by atoms with Crippen LogP contribution in [-0.4, -0.2) is 25.7 Å². The third-order valence-corrected chi connectivity index (χ3v) is 5.21. The Balaban J connectivity index is 1.45. The van der Waals surface area contributed by atoms with Gasteiger partial charge in [-0.3, -0.25) is 4.79 Å². The Kier molecular flexibility index (Phi) is 6.80. The van der Waals surface area contributed by atoms with Crippen LogP contribution in [0, 0.1) is 0 Å². The highest BCUT2D eigenvalue weighted by molar-refractivity contribution is 9.10. The Hall–Kier alpha value is -2.53. The SMILES string of the molecule is CC(C)(C)c1ccc(OCC(=O)NCCOc2cccc3ccccc23)c(Br)c1. The normalized spacial score (nSPS) is 11.3. The summed E-state index contributed by atoms with van der Waals surface area (Å²) in [7, 11) is 0. The molecule has 0 radical (unpaired) electrons. The molecule has 0 aromatic heterocycles. The summed E-state index contributed by atoms with van der Waals surface area (Å²) in [5.74, 6) is 1.29. The van der Waals surface area contributed by atoms with Crippen molar-refractivity contribution >= 4 is 32.6 Å². The second-order valence-corrected chi connectivity index (χ2v) is 8.71. The molecule has 4 nitrogen and oxygen atoms in total. The van der Waals surface area contributed by atoms with Crippen LogP contribution in [0.4, 0.5) is 0 Å². The van der Waals surface area contributed by atoms with Crippen LogP contribution in [0.5, 0.6) is 11.5 Å². The molecule has 0 spiro atoms. The molecule has 0 saturated carbocycles. The highest BCUT2D eigenvalue weighted by Gasteiger charge is 2.15. The molecule has 0 heterocycles. The molecule has 0 unspecified atom stereocenters. The van der Waals surface area contributed by atoms with Gasteiger partial charge in [0.1, 0.15) is 18.1 Å². The lowest BCUT2D eigenvalue weighted by atomic mass is 9.87. The van der Waals surface area contributed by atoms with Crippen molar-refractivity contribution in [1.82, 2.24) is 5.32 Å². The number of carbonyl (C=O) groups is 1. The van der Waals surface area contributed by atoms with E-state index in [9.17, 15) is 4.79 Å². The van der Waals surface area contributed by atoms with Gasteiger partial charge in [0.15, 0.2) is 6.61 Å². The van der Waals surface area contributed by atoms with E-state index in [-0.39, 0.29) is 17.9 Å². The summed E-state index contributed by atoms with van der Waals surface area (Å²) < 4.78 is 12.3. The summed E-state index contributed by atoms with van der Waals surface area (Å²) in [4.78, 5) is 12.1. The minimum absolute atomic E-state index is 0.0399. The smallest absolute Gasteiger partial charge is 0.258 e. The second-order valence-electron chi connectivity index (χ2n) is 7.86. The van der Waals surface area contributed by atoms with Crippen LogP contribution < -0.4 is 14.8 Å². The first-order valence-corrected chi connectivity index (χ1v) is 10.4. The average molecular weight is 456 g/mol. The lowest BCUT2D eigenvalue weighted by molar-refractivity contribution is -0.123. The third-order valence-electron chi connectivity index (χ3n) is 4.59. The third kappa shape index (κ3) is 5.73. The Morgan fingerprint density at radius 3 is 2.48 bits per heavy atom. The molecule has 0 saturated heterocycles. The number of carbonyl (C=O) groups excluding carboxylic acids is 1. The predicted octanol–water partition coefficient (Wildman–Crippen LogP) is 5.47. The number of nitrogens with one attached hydrogen (secondary N) is 1. The van der Waals surface area contributed by atoms with Crippen LogP contribution in [-0.2, 0) is 10.2 Å². The Morgan fingerprint density at radius 2 is 1.72 bits per heavy atom. The number of hydrogen-bond acceptors (Lipinski definition) is 3. The second kappa shape index (κ2) is 9.31. The molecular formula is C24H26BrNO3. The molecule has 0 aliphatic carbocycles. The van der Waals surface area contributed by atoms with Crippen LogP contribution in [0.25, 0.3) is 10.8 Å². The van der Waals surface area contributed by atoms with E-state index in [0.29, 0.717) is 18.9 Å². The van der Waals surface area contributed by atoms with Crippen LogP contribution in [0.3, 0.4) is 0 Å². The van der Waals surface area contributed by atoms with E-state index in [1.165, 1.54) is 5.56 Å². The maximum Gasteiger partial charge on any atom is 0.258 e. The maximum absolute atomic E-state index is 12.1. The molecule has 152 valence electrons. The van der Waals surface area contributed by atoms with Gasteiger partial charge in [0, 0.05) is 5.39 Å². The molecule has 3 rings (SSSR count). The summed E-state index contributed by atoms with van der Waals surface area (Å²) in [6.45, 7) is 7.23. The summed E-state index contributed by atoms with van der Waals surface area (Å²) in [6.07, 6.45) is 0. The first-order valence-electron chi connectivity index (χ1n) is 9.65. The number of halogens is 1. The molecule has 1 N–H and O–H groups in total. The van der Waals surface area contributed by atoms with Gasteiger partial charge in [-0.25, -0.2) is 0 Å². The van der Waals surface area contributed by atoms with Gasteiger partial charge in [-0.05, 0) is 50.5 Å². The Labute approximate surface area is 180 Å². The zero-order valence-electron chi connectivity index (χ0n) is 17.0. The van der Waals surface area contributed by atoms with Crippen LogP contribution in [0.2, 0.25) is 0 Å². The van der Waals surface area contributed by atoms with Crippen LogP contribution in [0.15, 0.2) is 65.1 Å². The van der Waals surface area contributed by atoms with E-state index in [0.717, 1.165) is 21.0 Å². The summed E-state index contributed by atoms with van der Waals surface area (Å²) in [5, 5.41) is 5.02. The van der Waals surface area contributed by atoms with Gasteiger partial charge in [0.2, 0.25) is 0 Å². The van der Waals surface area contributed by atoms with E-state index in [1.54, 1.807) is 0 Å². The minimum atomic E-state index is -0.182. The van der Waals surface area contributed by atoms with Crippen molar-refractivity contribution in [3.8, 4) is 11.5 Å². The van der Waals surface area contributed by atoms with Gasteiger partial charge >= 0.3 is 0 Å². The van der Waals surface area contributed by atoms with Gasteiger partial charge in [0.05, 0.1) is 11.0 Å².